The minimum atomic E-state index is -3.86. The third-order valence-corrected chi connectivity index (χ3v) is 9.14. The third-order valence-electron chi connectivity index (χ3n) is 7.10. The van der Waals surface area contributed by atoms with E-state index in [0.29, 0.717) is 24.3 Å². The number of carbonyl (C=O) groups is 1. The summed E-state index contributed by atoms with van der Waals surface area (Å²) in [6, 6.07) is 14.3. The maximum absolute atomic E-state index is 13.2. The lowest BCUT2D eigenvalue weighted by atomic mass is 9.89. The maximum Gasteiger partial charge on any atom is 0.270 e. The van der Waals surface area contributed by atoms with Crippen molar-refractivity contribution >= 4 is 21.6 Å². The second-order valence-corrected chi connectivity index (χ2v) is 11.3. The molecule has 0 unspecified atom stereocenters. The summed E-state index contributed by atoms with van der Waals surface area (Å²) in [7, 11) is -3.86. The highest BCUT2D eigenvalue weighted by molar-refractivity contribution is 7.89. The zero-order chi connectivity index (χ0) is 24.3. The monoisotopic (exact) mass is 485 g/mol. The van der Waals surface area contributed by atoms with Gasteiger partial charge in [0.1, 0.15) is 0 Å². The summed E-state index contributed by atoms with van der Waals surface area (Å²) >= 11 is 0. The van der Waals surface area contributed by atoms with Crippen LogP contribution in [0.25, 0.3) is 0 Å². The lowest BCUT2D eigenvalue weighted by Gasteiger charge is -2.37. The fraction of sp³-hybridized carbons (Fsp3) is 0.480. The number of hydrogen-bond donors (Lipinski definition) is 0. The molecule has 1 amide bonds. The number of nitrogens with zero attached hydrogens (tertiary/aromatic N) is 3. The van der Waals surface area contributed by atoms with E-state index in [1.165, 1.54) is 22.0 Å². The van der Waals surface area contributed by atoms with Gasteiger partial charge in [0.15, 0.2) is 0 Å². The van der Waals surface area contributed by atoms with E-state index in [4.69, 9.17) is 0 Å². The van der Waals surface area contributed by atoms with Crippen LogP contribution in [0.5, 0.6) is 0 Å². The molecule has 0 aromatic heterocycles. The van der Waals surface area contributed by atoms with Crippen molar-refractivity contribution in [1.82, 2.24) is 9.21 Å². The zero-order valence-corrected chi connectivity index (χ0v) is 20.2. The van der Waals surface area contributed by atoms with Gasteiger partial charge in [-0.3, -0.25) is 14.9 Å². The van der Waals surface area contributed by atoms with Crippen LogP contribution in [0.3, 0.4) is 0 Å². The summed E-state index contributed by atoms with van der Waals surface area (Å²) in [5, 5.41) is 11.1. The number of rotatable bonds is 6. The summed E-state index contributed by atoms with van der Waals surface area (Å²) in [6.45, 7) is 3.62. The number of sulfonamides is 1. The van der Waals surface area contributed by atoms with Gasteiger partial charge in [0.05, 0.1) is 9.82 Å². The van der Waals surface area contributed by atoms with Gasteiger partial charge in [0.2, 0.25) is 15.9 Å². The Labute approximate surface area is 200 Å². The molecule has 8 nitrogen and oxygen atoms in total. The van der Waals surface area contributed by atoms with Gasteiger partial charge in [0.25, 0.3) is 5.69 Å². The van der Waals surface area contributed by atoms with Crippen LogP contribution in [-0.2, 0) is 21.2 Å². The highest BCUT2D eigenvalue weighted by Gasteiger charge is 2.35. The van der Waals surface area contributed by atoms with Crippen molar-refractivity contribution in [3.63, 3.8) is 0 Å². The topological polar surface area (TPSA) is 101 Å². The van der Waals surface area contributed by atoms with E-state index in [1.54, 1.807) is 6.92 Å². The zero-order valence-electron chi connectivity index (χ0n) is 19.4. The molecule has 0 saturated carbocycles. The molecule has 2 aliphatic heterocycles. The minimum absolute atomic E-state index is 0.0352. The van der Waals surface area contributed by atoms with E-state index in [9.17, 15) is 23.3 Å². The highest BCUT2D eigenvalue weighted by atomic mass is 32.2. The summed E-state index contributed by atoms with van der Waals surface area (Å²) in [6.07, 6.45) is 3.95. The lowest BCUT2D eigenvalue weighted by Crippen LogP contribution is -2.46. The Morgan fingerprint density at radius 1 is 1.00 bits per heavy atom. The molecule has 2 aliphatic rings. The first-order valence-corrected chi connectivity index (χ1v) is 13.3. The number of nitro groups is 1. The van der Waals surface area contributed by atoms with Crippen LogP contribution >= 0.6 is 0 Å². The molecule has 4 rings (SSSR count). The summed E-state index contributed by atoms with van der Waals surface area (Å²) < 4.78 is 27.7. The third kappa shape index (κ3) is 5.31. The molecule has 9 heteroatoms. The number of nitro benzene ring substituents is 1. The second-order valence-electron chi connectivity index (χ2n) is 9.34. The van der Waals surface area contributed by atoms with E-state index in [2.05, 4.69) is 24.3 Å². The van der Waals surface area contributed by atoms with Crippen LogP contribution in [0.4, 0.5) is 5.69 Å². The fourth-order valence-electron chi connectivity index (χ4n) is 5.03. The predicted octanol–water partition coefficient (Wildman–Crippen LogP) is 3.79. The van der Waals surface area contributed by atoms with Gasteiger partial charge < -0.3 is 4.90 Å². The van der Waals surface area contributed by atoms with Gasteiger partial charge in [-0.1, -0.05) is 36.4 Å². The summed E-state index contributed by atoms with van der Waals surface area (Å²) in [4.78, 5) is 25.5. The molecule has 0 N–H and O–H groups in total. The van der Waals surface area contributed by atoms with Crippen molar-refractivity contribution in [2.45, 2.75) is 43.9 Å². The molecule has 0 atom stereocenters. The van der Waals surface area contributed by atoms with Gasteiger partial charge in [-0.25, -0.2) is 8.42 Å². The van der Waals surface area contributed by atoms with Crippen molar-refractivity contribution in [3.05, 3.63) is 69.8 Å². The standard InChI is InChI=1S/C25H31N3O5S/c1-19-7-8-23(28(30)31)18-24(19)34(32,33)27-15-11-22(12-16-27)25(29)26-13-9-21(10-14-26)17-20-5-3-2-4-6-20/h2-8,18,21-22H,9-17H2,1H3. The van der Waals surface area contributed by atoms with Crippen molar-refractivity contribution in [2.75, 3.05) is 26.2 Å². The Balaban J connectivity index is 1.32. The summed E-state index contributed by atoms with van der Waals surface area (Å²) in [5.41, 5.74) is 1.56. The van der Waals surface area contributed by atoms with Crippen molar-refractivity contribution in [3.8, 4) is 0 Å². The predicted molar refractivity (Wildman–Crippen MR) is 129 cm³/mol. The Morgan fingerprint density at radius 3 is 2.26 bits per heavy atom. The van der Waals surface area contributed by atoms with Crippen LogP contribution in [0.15, 0.2) is 53.4 Å². The van der Waals surface area contributed by atoms with Crippen LogP contribution in [0.2, 0.25) is 0 Å². The molecule has 2 aromatic carbocycles. The SMILES string of the molecule is Cc1ccc([N+](=O)[O-])cc1S(=O)(=O)N1CCC(C(=O)N2CCC(Cc3ccccc3)CC2)CC1. The first-order valence-electron chi connectivity index (χ1n) is 11.8. The Morgan fingerprint density at radius 2 is 1.65 bits per heavy atom. The normalized spacial score (nSPS) is 18.7. The van der Waals surface area contributed by atoms with Gasteiger partial charge in [-0.2, -0.15) is 4.31 Å². The van der Waals surface area contributed by atoms with Crippen LogP contribution in [0, 0.1) is 28.9 Å². The Kier molecular flexibility index (Phi) is 7.33. The molecule has 0 bridgehead atoms. The van der Waals surface area contributed by atoms with E-state index < -0.39 is 14.9 Å². The van der Waals surface area contributed by atoms with Crippen LogP contribution < -0.4 is 0 Å². The molecule has 2 heterocycles. The number of amides is 1. The molecule has 34 heavy (non-hydrogen) atoms. The van der Waals surface area contributed by atoms with E-state index in [0.717, 1.165) is 38.4 Å². The fourth-order valence-corrected chi connectivity index (χ4v) is 6.74. The number of likely N-dealkylation sites (tertiary alicyclic amines) is 1. The van der Waals surface area contributed by atoms with Crippen molar-refractivity contribution in [2.24, 2.45) is 11.8 Å². The second kappa shape index (κ2) is 10.2. The van der Waals surface area contributed by atoms with Crippen LogP contribution in [-0.4, -0.2) is 54.6 Å². The molecule has 0 spiro atoms. The minimum Gasteiger partial charge on any atom is -0.342 e. The molecule has 2 fully saturated rings. The molecule has 0 aliphatic carbocycles. The number of piperidine rings is 2. The average Bonchev–Trinajstić information content (AvgIpc) is 2.85. The van der Waals surface area contributed by atoms with Gasteiger partial charge >= 0.3 is 0 Å². The Bertz CT molecular complexity index is 1140. The quantitative estimate of drug-likeness (QED) is 0.458. The average molecular weight is 486 g/mol. The molecule has 0 radical (unpaired) electrons. The highest BCUT2D eigenvalue weighted by Crippen LogP contribution is 2.30. The van der Waals surface area contributed by atoms with Crippen molar-refractivity contribution in [1.29, 1.82) is 0 Å². The summed E-state index contributed by atoms with van der Waals surface area (Å²) in [5.74, 6) is 0.529. The number of benzene rings is 2. The molecular weight excluding hydrogens is 454 g/mol. The Hall–Kier alpha value is -2.78. The van der Waals surface area contributed by atoms with Gasteiger partial charge in [-0.15, -0.1) is 0 Å². The van der Waals surface area contributed by atoms with Gasteiger partial charge in [-0.05, 0) is 56.1 Å². The molecule has 182 valence electrons. The molecule has 2 saturated heterocycles. The van der Waals surface area contributed by atoms with E-state index in [-0.39, 0.29) is 35.5 Å². The largest absolute Gasteiger partial charge is 0.342 e. The first-order chi connectivity index (χ1) is 16.3. The van der Waals surface area contributed by atoms with Gasteiger partial charge in [0, 0.05) is 44.2 Å². The molecule has 2 aromatic rings. The van der Waals surface area contributed by atoms with Crippen molar-refractivity contribution < 1.29 is 18.1 Å². The number of non-ortho nitro benzene ring substituents is 1. The number of carbonyl (C=O) groups excluding carboxylic acids is 1. The van der Waals surface area contributed by atoms with E-state index >= 15 is 0 Å². The van der Waals surface area contributed by atoms with E-state index in [1.807, 2.05) is 11.0 Å². The number of aryl methyl sites for hydroxylation is 1. The maximum atomic E-state index is 13.2. The lowest BCUT2D eigenvalue weighted by molar-refractivity contribution is -0.385. The molecular formula is C25H31N3O5S. The first kappa shape index (κ1) is 24.3. The van der Waals surface area contributed by atoms with Crippen LogP contribution in [0.1, 0.15) is 36.8 Å². The number of hydrogen-bond acceptors (Lipinski definition) is 5. The smallest absolute Gasteiger partial charge is 0.270 e.